The molecule has 0 saturated heterocycles. The van der Waals surface area contributed by atoms with Crippen LogP contribution in [0.2, 0.25) is 0 Å². The Hall–Kier alpha value is -3.00. The summed E-state index contributed by atoms with van der Waals surface area (Å²) >= 11 is 2.86. The first-order chi connectivity index (χ1) is 16.5. The largest absolute Gasteiger partial charge is 0.433 e. The van der Waals surface area contributed by atoms with Crippen LogP contribution in [0, 0.1) is 17.4 Å². The Bertz CT molecular complexity index is 1440. The zero-order valence-corrected chi connectivity index (χ0v) is 21.5. The number of halogens is 4. The van der Waals surface area contributed by atoms with Crippen molar-refractivity contribution in [2.75, 3.05) is 5.32 Å². The zero-order valence-electron chi connectivity index (χ0n) is 18.5. The highest BCUT2D eigenvalue weighted by Crippen LogP contribution is 2.43. The highest BCUT2D eigenvalue weighted by atomic mass is 127. The van der Waals surface area contributed by atoms with Crippen LogP contribution < -0.4 is 11.1 Å². The van der Waals surface area contributed by atoms with E-state index in [4.69, 9.17) is 5.73 Å². The normalized spacial score (nSPS) is 11.7. The van der Waals surface area contributed by atoms with Crippen molar-refractivity contribution in [3.8, 4) is 11.1 Å². The van der Waals surface area contributed by atoms with E-state index in [9.17, 15) is 22.8 Å². The molecule has 4 aromatic rings. The number of thiophene rings is 1. The van der Waals surface area contributed by atoms with Crippen LogP contribution in [0.5, 0.6) is 0 Å². The number of nitrogens with one attached hydrogen (secondary N) is 1. The summed E-state index contributed by atoms with van der Waals surface area (Å²) in [6, 6.07) is 7.82. The molecule has 35 heavy (non-hydrogen) atoms. The van der Waals surface area contributed by atoms with E-state index in [0.29, 0.717) is 5.56 Å². The molecule has 12 heteroatoms. The number of carbonyl (C=O) groups excluding carboxylic acids is 2. The SMILES string of the molecule is Cc1ccc(-c2cc(C(F)(F)F)nc3sc(C(N)=O)c(NC(=O)CCn4ncc(I)c4C)c23)cc1. The maximum Gasteiger partial charge on any atom is 0.433 e. The number of pyridine rings is 1. The second-order valence-electron chi connectivity index (χ2n) is 7.87. The van der Waals surface area contributed by atoms with Gasteiger partial charge in [0, 0.05) is 17.5 Å². The maximum absolute atomic E-state index is 13.6. The lowest BCUT2D eigenvalue weighted by Gasteiger charge is -2.13. The van der Waals surface area contributed by atoms with E-state index >= 15 is 0 Å². The van der Waals surface area contributed by atoms with E-state index in [1.54, 1.807) is 35.1 Å². The minimum atomic E-state index is -4.70. The van der Waals surface area contributed by atoms with E-state index in [-0.39, 0.29) is 39.3 Å². The minimum Gasteiger partial charge on any atom is -0.365 e. The van der Waals surface area contributed by atoms with Crippen LogP contribution in [-0.4, -0.2) is 26.6 Å². The first-order valence-corrected chi connectivity index (χ1v) is 12.2. The van der Waals surface area contributed by atoms with Crippen molar-refractivity contribution in [1.29, 1.82) is 0 Å². The fraction of sp³-hybridized carbons (Fsp3) is 0.217. The molecule has 182 valence electrons. The van der Waals surface area contributed by atoms with Gasteiger partial charge in [0.15, 0.2) is 0 Å². The van der Waals surface area contributed by atoms with Gasteiger partial charge < -0.3 is 11.1 Å². The second-order valence-corrected chi connectivity index (χ2v) is 10.0. The van der Waals surface area contributed by atoms with Crippen molar-refractivity contribution in [3.05, 3.63) is 61.9 Å². The van der Waals surface area contributed by atoms with Gasteiger partial charge in [-0.15, -0.1) is 11.3 Å². The number of anilines is 1. The molecule has 0 aliphatic rings. The number of primary amides is 1. The van der Waals surface area contributed by atoms with Gasteiger partial charge in [0.25, 0.3) is 5.91 Å². The predicted octanol–water partition coefficient (Wildman–Crippen LogP) is 5.53. The molecule has 3 aromatic heterocycles. The average Bonchev–Trinajstić information content (AvgIpc) is 3.32. The minimum absolute atomic E-state index is 0.0298. The molecule has 3 heterocycles. The summed E-state index contributed by atoms with van der Waals surface area (Å²) in [7, 11) is 0. The molecule has 0 aliphatic heterocycles. The van der Waals surface area contributed by atoms with Gasteiger partial charge in [-0.05, 0) is 53.6 Å². The molecular formula is C23H19F3IN5O2S. The van der Waals surface area contributed by atoms with Crippen LogP contribution in [0.1, 0.15) is 33.0 Å². The lowest BCUT2D eigenvalue weighted by Crippen LogP contribution is -2.18. The number of alkyl halides is 3. The molecule has 0 radical (unpaired) electrons. The standard InChI is InChI=1S/C23H19F3IN5O2S/c1-11-3-5-13(6-4-11)14-9-16(23(24,25)26)30-22-18(14)19(20(35-22)21(28)34)31-17(33)7-8-32-12(2)15(27)10-29-32/h3-6,9-10H,7-8H2,1-2H3,(H2,28,34)(H,31,33). The number of hydrogen-bond donors (Lipinski definition) is 2. The molecule has 0 saturated carbocycles. The van der Waals surface area contributed by atoms with Gasteiger partial charge in [0.2, 0.25) is 5.91 Å². The Balaban J connectivity index is 1.81. The van der Waals surface area contributed by atoms with Crippen LogP contribution in [0.3, 0.4) is 0 Å². The third-order valence-corrected chi connectivity index (χ3v) is 7.55. The summed E-state index contributed by atoms with van der Waals surface area (Å²) in [5, 5.41) is 7.15. The highest BCUT2D eigenvalue weighted by Gasteiger charge is 2.35. The van der Waals surface area contributed by atoms with Gasteiger partial charge in [-0.1, -0.05) is 29.8 Å². The van der Waals surface area contributed by atoms with Crippen molar-refractivity contribution >= 4 is 61.6 Å². The molecule has 0 unspecified atom stereocenters. The summed E-state index contributed by atoms with van der Waals surface area (Å²) in [6.45, 7) is 4.02. The smallest absolute Gasteiger partial charge is 0.365 e. The lowest BCUT2D eigenvalue weighted by molar-refractivity contribution is -0.140. The predicted molar refractivity (Wildman–Crippen MR) is 136 cm³/mol. The van der Waals surface area contributed by atoms with Gasteiger partial charge in [-0.2, -0.15) is 18.3 Å². The van der Waals surface area contributed by atoms with Crippen molar-refractivity contribution in [2.45, 2.75) is 33.0 Å². The van der Waals surface area contributed by atoms with E-state index in [0.717, 1.165) is 32.2 Å². The average molecular weight is 613 g/mol. The number of carbonyl (C=O) groups is 2. The Morgan fingerprint density at radius 2 is 1.89 bits per heavy atom. The summed E-state index contributed by atoms with van der Waals surface area (Å²) in [5.74, 6) is -1.31. The summed E-state index contributed by atoms with van der Waals surface area (Å²) < 4.78 is 43.5. The molecule has 0 fully saturated rings. The molecule has 4 rings (SSSR count). The molecule has 0 bridgehead atoms. The third kappa shape index (κ3) is 5.17. The van der Waals surface area contributed by atoms with E-state index < -0.39 is 23.7 Å². The van der Waals surface area contributed by atoms with E-state index in [2.05, 4.69) is 38.0 Å². The monoisotopic (exact) mass is 613 g/mol. The molecular weight excluding hydrogens is 594 g/mol. The topological polar surface area (TPSA) is 103 Å². The molecule has 0 spiro atoms. The van der Waals surface area contributed by atoms with Crippen molar-refractivity contribution in [3.63, 3.8) is 0 Å². The fourth-order valence-electron chi connectivity index (χ4n) is 3.56. The maximum atomic E-state index is 13.6. The van der Waals surface area contributed by atoms with Crippen LogP contribution in [0.4, 0.5) is 18.9 Å². The number of amides is 2. The summed E-state index contributed by atoms with van der Waals surface area (Å²) in [5.41, 5.74) is 7.00. The number of nitrogens with zero attached hydrogens (tertiary/aromatic N) is 3. The van der Waals surface area contributed by atoms with Crippen molar-refractivity contribution in [1.82, 2.24) is 14.8 Å². The molecule has 7 nitrogen and oxygen atoms in total. The number of aryl methyl sites for hydroxylation is 2. The zero-order chi connectivity index (χ0) is 25.5. The number of nitrogens with two attached hydrogens (primary N) is 1. The summed E-state index contributed by atoms with van der Waals surface area (Å²) in [4.78, 5) is 28.7. The highest BCUT2D eigenvalue weighted by molar-refractivity contribution is 14.1. The first-order valence-electron chi connectivity index (χ1n) is 10.3. The van der Waals surface area contributed by atoms with Gasteiger partial charge >= 0.3 is 6.18 Å². The lowest BCUT2D eigenvalue weighted by atomic mass is 10.00. The summed E-state index contributed by atoms with van der Waals surface area (Å²) in [6.07, 6.45) is -2.99. The molecule has 1 aromatic carbocycles. The third-order valence-electron chi connectivity index (χ3n) is 5.40. The Morgan fingerprint density at radius 3 is 2.46 bits per heavy atom. The second kappa shape index (κ2) is 9.57. The van der Waals surface area contributed by atoms with Gasteiger partial charge in [0.05, 0.1) is 22.0 Å². The van der Waals surface area contributed by atoms with E-state index in [1.807, 2.05) is 13.8 Å². The van der Waals surface area contributed by atoms with Crippen molar-refractivity contribution in [2.24, 2.45) is 5.73 Å². The number of benzene rings is 1. The van der Waals surface area contributed by atoms with Crippen LogP contribution in [-0.2, 0) is 17.5 Å². The van der Waals surface area contributed by atoms with Gasteiger partial charge in [-0.3, -0.25) is 14.3 Å². The quantitative estimate of drug-likeness (QED) is 0.280. The van der Waals surface area contributed by atoms with Gasteiger partial charge in [-0.25, -0.2) is 4.98 Å². The molecule has 2 amide bonds. The molecule has 3 N–H and O–H groups in total. The number of hydrogen-bond acceptors (Lipinski definition) is 5. The van der Waals surface area contributed by atoms with Crippen LogP contribution in [0.15, 0.2) is 36.5 Å². The number of aromatic nitrogens is 3. The van der Waals surface area contributed by atoms with Gasteiger partial charge in [0.1, 0.15) is 15.4 Å². The van der Waals surface area contributed by atoms with Crippen molar-refractivity contribution < 1.29 is 22.8 Å². The van der Waals surface area contributed by atoms with E-state index in [1.165, 1.54) is 0 Å². The fourth-order valence-corrected chi connectivity index (χ4v) is 4.97. The number of fused-ring (bicyclic) bond motifs is 1. The molecule has 0 aliphatic carbocycles. The Labute approximate surface area is 215 Å². The first kappa shape index (κ1) is 25.1. The Morgan fingerprint density at radius 1 is 1.20 bits per heavy atom. The Kier molecular flexibility index (Phi) is 6.86. The van der Waals surface area contributed by atoms with Crippen LogP contribution in [0.25, 0.3) is 21.3 Å². The number of rotatable bonds is 6. The van der Waals surface area contributed by atoms with Crippen LogP contribution >= 0.6 is 33.9 Å². The molecule has 0 atom stereocenters.